The van der Waals surface area contributed by atoms with Gasteiger partial charge in [0.2, 0.25) is 11.8 Å². The van der Waals surface area contributed by atoms with Gasteiger partial charge in [0.05, 0.1) is 24.4 Å². The Morgan fingerprint density at radius 1 is 1.00 bits per heavy atom. The number of para-hydroxylation sites is 1. The summed E-state index contributed by atoms with van der Waals surface area (Å²) in [5.41, 5.74) is 2.51. The van der Waals surface area contributed by atoms with Crippen LogP contribution in [0.15, 0.2) is 104 Å². The highest BCUT2D eigenvalue weighted by molar-refractivity contribution is 5.86. The van der Waals surface area contributed by atoms with E-state index in [9.17, 15) is 19.8 Å². The van der Waals surface area contributed by atoms with E-state index in [1.54, 1.807) is 37.4 Å². The number of aliphatic hydroxyl groups excluding tert-OH is 1. The van der Waals surface area contributed by atoms with Crippen LogP contribution < -0.4 is 14.8 Å². The zero-order valence-electron chi connectivity index (χ0n) is 22.0. The monoisotopic (exact) mass is 541 g/mol. The normalized spacial score (nSPS) is 13.1. The van der Waals surface area contributed by atoms with Crippen LogP contribution in [0.2, 0.25) is 0 Å². The number of carbonyl (C=O) groups is 2. The number of methoxy groups -OCH3 is 1. The fourth-order valence-corrected chi connectivity index (χ4v) is 4.14. The van der Waals surface area contributed by atoms with E-state index in [1.807, 2.05) is 60.7 Å². The summed E-state index contributed by atoms with van der Waals surface area (Å²) in [5.74, 6) is -1.94. The largest absolute Gasteiger partial charge is 0.497 e. The summed E-state index contributed by atoms with van der Waals surface area (Å²) >= 11 is 0. The number of aliphatic carboxylic acids is 1. The maximum absolute atomic E-state index is 13.1. The first-order chi connectivity index (χ1) is 19.4. The molecule has 0 aliphatic rings. The van der Waals surface area contributed by atoms with Gasteiger partial charge in [0.25, 0.3) is 0 Å². The van der Waals surface area contributed by atoms with Crippen LogP contribution in [0.4, 0.5) is 0 Å². The van der Waals surface area contributed by atoms with Gasteiger partial charge in [-0.05, 0) is 35.4 Å². The van der Waals surface area contributed by atoms with Gasteiger partial charge in [0, 0.05) is 12.5 Å². The maximum atomic E-state index is 13.1. The minimum absolute atomic E-state index is 0.0911. The molecule has 0 saturated carbocycles. The molecule has 4 rings (SSSR count). The van der Waals surface area contributed by atoms with Crippen molar-refractivity contribution in [1.29, 1.82) is 0 Å². The number of hydrogen-bond acceptors (Lipinski definition) is 6. The van der Waals surface area contributed by atoms with Crippen molar-refractivity contribution >= 4 is 11.9 Å². The standard InChI is InChI=1S/C31H31N3O6/c1-3-25(30(36)32-27(31(37)38)18-21-10-6-4-7-11-21)29(35)26-19-28(34(33-26)23-12-8-5-9-13-23)40-20-22-14-16-24(39-2)17-15-22/h3-17,19,25,27,29,35H,1,18,20H2,2H3,(H,32,36)(H,37,38)/t25?,27?,29-/m0/s1. The van der Waals surface area contributed by atoms with Crippen LogP contribution >= 0.6 is 0 Å². The van der Waals surface area contributed by atoms with Gasteiger partial charge < -0.3 is 25.0 Å². The summed E-state index contributed by atoms with van der Waals surface area (Å²) in [6.45, 7) is 3.92. The van der Waals surface area contributed by atoms with E-state index >= 15 is 0 Å². The van der Waals surface area contributed by atoms with Crippen molar-refractivity contribution < 1.29 is 29.3 Å². The second-order valence-electron chi connectivity index (χ2n) is 9.09. The number of aliphatic hydroxyl groups is 1. The lowest BCUT2D eigenvalue weighted by molar-refractivity contribution is -0.142. The van der Waals surface area contributed by atoms with Crippen molar-refractivity contribution in [3.8, 4) is 17.3 Å². The van der Waals surface area contributed by atoms with Crippen molar-refractivity contribution in [1.82, 2.24) is 15.1 Å². The highest BCUT2D eigenvalue weighted by Crippen LogP contribution is 2.29. The fraction of sp³-hybridized carbons (Fsp3) is 0.194. The quantitative estimate of drug-likeness (QED) is 0.218. The molecule has 0 aliphatic heterocycles. The zero-order valence-corrected chi connectivity index (χ0v) is 22.0. The average molecular weight is 542 g/mol. The molecule has 0 bridgehead atoms. The minimum Gasteiger partial charge on any atom is -0.497 e. The number of nitrogens with one attached hydrogen (secondary N) is 1. The fourth-order valence-electron chi connectivity index (χ4n) is 4.14. The van der Waals surface area contributed by atoms with Crippen molar-refractivity contribution in [2.75, 3.05) is 7.11 Å². The first kappa shape index (κ1) is 28.1. The number of aromatic nitrogens is 2. The molecule has 1 amide bonds. The predicted octanol–water partition coefficient (Wildman–Crippen LogP) is 4.11. The van der Waals surface area contributed by atoms with Crippen LogP contribution in [-0.4, -0.2) is 45.0 Å². The number of ether oxygens (including phenoxy) is 2. The Labute approximate surface area is 232 Å². The molecule has 206 valence electrons. The van der Waals surface area contributed by atoms with Crippen molar-refractivity contribution in [2.45, 2.75) is 25.2 Å². The third-order valence-electron chi connectivity index (χ3n) is 6.34. The number of carboxylic acids is 1. The van der Waals surface area contributed by atoms with Gasteiger partial charge >= 0.3 is 5.97 Å². The molecular weight excluding hydrogens is 510 g/mol. The number of amides is 1. The molecule has 1 aromatic heterocycles. The number of nitrogens with zero attached hydrogens (tertiary/aromatic N) is 2. The molecule has 40 heavy (non-hydrogen) atoms. The third-order valence-corrected chi connectivity index (χ3v) is 6.34. The molecule has 3 atom stereocenters. The predicted molar refractivity (Wildman–Crippen MR) is 149 cm³/mol. The summed E-state index contributed by atoms with van der Waals surface area (Å²) in [7, 11) is 1.60. The Bertz CT molecular complexity index is 1420. The molecule has 3 aromatic carbocycles. The molecule has 0 spiro atoms. The molecule has 0 saturated heterocycles. The molecule has 1 heterocycles. The summed E-state index contributed by atoms with van der Waals surface area (Å²) < 4.78 is 12.8. The number of carbonyl (C=O) groups excluding carboxylic acids is 1. The molecule has 0 radical (unpaired) electrons. The van der Waals surface area contributed by atoms with Crippen molar-refractivity contribution in [3.05, 3.63) is 120 Å². The van der Waals surface area contributed by atoms with Crippen molar-refractivity contribution in [3.63, 3.8) is 0 Å². The second-order valence-corrected chi connectivity index (χ2v) is 9.09. The second kappa shape index (κ2) is 13.3. The van der Waals surface area contributed by atoms with Gasteiger partial charge in [0.1, 0.15) is 24.5 Å². The Balaban J connectivity index is 1.55. The van der Waals surface area contributed by atoms with E-state index in [0.717, 1.165) is 16.9 Å². The van der Waals surface area contributed by atoms with Gasteiger partial charge in [-0.1, -0.05) is 66.7 Å². The first-order valence-electron chi connectivity index (χ1n) is 12.7. The minimum atomic E-state index is -1.41. The molecule has 0 fully saturated rings. The average Bonchev–Trinajstić information content (AvgIpc) is 3.41. The van der Waals surface area contributed by atoms with Crippen LogP contribution in [0.25, 0.3) is 5.69 Å². The lowest BCUT2D eigenvalue weighted by atomic mass is 9.97. The van der Waals surface area contributed by atoms with E-state index < -0.39 is 29.9 Å². The van der Waals surface area contributed by atoms with E-state index in [1.165, 1.54) is 10.8 Å². The molecule has 4 aromatic rings. The Morgan fingerprint density at radius 2 is 1.65 bits per heavy atom. The molecule has 9 nitrogen and oxygen atoms in total. The number of rotatable bonds is 13. The molecule has 0 aliphatic carbocycles. The Hall–Kier alpha value is -4.89. The molecule has 2 unspecified atom stereocenters. The first-order valence-corrected chi connectivity index (χ1v) is 12.7. The van der Waals surface area contributed by atoms with E-state index in [4.69, 9.17) is 9.47 Å². The van der Waals surface area contributed by atoms with Gasteiger partial charge in [0.15, 0.2) is 0 Å². The highest BCUT2D eigenvalue weighted by atomic mass is 16.5. The van der Waals surface area contributed by atoms with Crippen LogP contribution in [0, 0.1) is 5.92 Å². The van der Waals surface area contributed by atoms with Gasteiger partial charge in [-0.2, -0.15) is 5.10 Å². The SMILES string of the molecule is C=CC(C(=O)NC(Cc1ccccc1)C(=O)O)[C@H](O)c1cc(OCc2ccc(OC)cc2)n(-c2ccccc2)n1. The number of carboxylic acid groups (broad SMARTS) is 1. The molecular formula is C31H31N3O6. The lowest BCUT2D eigenvalue weighted by Gasteiger charge is -2.21. The van der Waals surface area contributed by atoms with E-state index in [2.05, 4.69) is 17.0 Å². The van der Waals surface area contributed by atoms with E-state index in [0.29, 0.717) is 11.6 Å². The maximum Gasteiger partial charge on any atom is 0.326 e. The van der Waals surface area contributed by atoms with Gasteiger partial charge in [-0.15, -0.1) is 6.58 Å². The van der Waals surface area contributed by atoms with Crippen LogP contribution in [0.5, 0.6) is 11.6 Å². The lowest BCUT2D eigenvalue weighted by Crippen LogP contribution is -2.45. The van der Waals surface area contributed by atoms with Crippen molar-refractivity contribution in [2.24, 2.45) is 5.92 Å². The topological polar surface area (TPSA) is 123 Å². The number of hydrogen-bond donors (Lipinski definition) is 3. The van der Waals surface area contributed by atoms with Gasteiger partial charge in [-0.3, -0.25) is 4.79 Å². The smallest absolute Gasteiger partial charge is 0.326 e. The van der Waals surface area contributed by atoms with E-state index in [-0.39, 0.29) is 18.7 Å². The molecule has 3 N–H and O–H groups in total. The van der Waals surface area contributed by atoms with Crippen LogP contribution in [-0.2, 0) is 22.6 Å². The third kappa shape index (κ3) is 6.95. The summed E-state index contributed by atoms with van der Waals surface area (Å²) in [6, 6.07) is 26.0. The summed E-state index contributed by atoms with van der Waals surface area (Å²) in [6.07, 6.45) is -0.0358. The number of benzene rings is 3. The van der Waals surface area contributed by atoms with Gasteiger partial charge in [-0.25, -0.2) is 9.48 Å². The van der Waals surface area contributed by atoms with Crippen LogP contribution in [0.1, 0.15) is 22.9 Å². The summed E-state index contributed by atoms with van der Waals surface area (Å²) in [5, 5.41) is 28.0. The molecule has 9 heteroatoms. The Kier molecular flexibility index (Phi) is 9.32. The zero-order chi connectivity index (χ0) is 28.5. The summed E-state index contributed by atoms with van der Waals surface area (Å²) in [4.78, 5) is 25.0. The highest BCUT2D eigenvalue weighted by Gasteiger charge is 2.31. The Morgan fingerprint density at radius 3 is 2.25 bits per heavy atom. The van der Waals surface area contributed by atoms with Crippen LogP contribution in [0.3, 0.4) is 0 Å².